The number of hydrogen-bond acceptors (Lipinski definition) is 5. The summed E-state index contributed by atoms with van der Waals surface area (Å²) in [7, 11) is 1.95. The van der Waals surface area contributed by atoms with Crippen molar-refractivity contribution >= 4 is 27.5 Å². The monoisotopic (exact) mass is 312 g/mol. The summed E-state index contributed by atoms with van der Waals surface area (Å²) in [6.45, 7) is 1.98. The predicted octanol–water partition coefficient (Wildman–Crippen LogP) is 2.51. The molecule has 0 spiro atoms. The Balaban J connectivity index is 2.16. The standard InChI is InChI=1S/C11H13BrN4S/c1-7-11(17-16-15-7)10(13-2)5-9-4-3-8(12)6-14-9/h3-4,6,10,13H,5H2,1-2H3. The summed E-state index contributed by atoms with van der Waals surface area (Å²) in [6, 6.07) is 4.26. The number of pyridine rings is 1. The third-order valence-electron chi connectivity index (χ3n) is 2.55. The maximum atomic E-state index is 4.38. The first-order valence-corrected chi connectivity index (χ1v) is 6.84. The Kier molecular flexibility index (Phi) is 4.20. The highest BCUT2D eigenvalue weighted by Gasteiger charge is 2.16. The van der Waals surface area contributed by atoms with E-state index in [-0.39, 0.29) is 6.04 Å². The molecule has 1 atom stereocenters. The first-order valence-electron chi connectivity index (χ1n) is 5.27. The van der Waals surface area contributed by atoms with Crippen LogP contribution < -0.4 is 5.32 Å². The van der Waals surface area contributed by atoms with Crippen LogP contribution in [0.3, 0.4) is 0 Å². The molecule has 1 N–H and O–H groups in total. The van der Waals surface area contributed by atoms with Crippen molar-refractivity contribution in [2.45, 2.75) is 19.4 Å². The largest absolute Gasteiger partial charge is 0.312 e. The van der Waals surface area contributed by atoms with Crippen LogP contribution in [0.25, 0.3) is 0 Å². The van der Waals surface area contributed by atoms with Crippen LogP contribution in [0.1, 0.15) is 22.3 Å². The van der Waals surface area contributed by atoms with E-state index in [0.717, 1.165) is 22.3 Å². The lowest BCUT2D eigenvalue weighted by molar-refractivity contribution is 0.590. The van der Waals surface area contributed by atoms with Gasteiger partial charge in [-0.2, -0.15) is 0 Å². The second-order valence-electron chi connectivity index (χ2n) is 3.74. The van der Waals surface area contributed by atoms with Crippen LogP contribution in [0, 0.1) is 6.92 Å². The molecule has 0 radical (unpaired) electrons. The van der Waals surface area contributed by atoms with Crippen molar-refractivity contribution in [3.63, 3.8) is 0 Å². The highest BCUT2D eigenvalue weighted by molar-refractivity contribution is 9.10. The fourth-order valence-electron chi connectivity index (χ4n) is 1.62. The van der Waals surface area contributed by atoms with Crippen LogP contribution in [0.2, 0.25) is 0 Å². The highest BCUT2D eigenvalue weighted by atomic mass is 79.9. The molecule has 2 aromatic heterocycles. The van der Waals surface area contributed by atoms with Crippen LogP contribution in [0.4, 0.5) is 0 Å². The van der Waals surface area contributed by atoms with Gasteiger partial charge in [0.15, 0.2) is 0 Å². The van der Waals surface area contributed by atoms with Crippen molar-refractivity contribution in [3.8, 4) is 0 Å². The van der Waals surface area contributed by atoms with E-state index in [1.165, 1.54) is 16.4 Å². The smallest absolute Gasteiger partial charge is 0.0772 e. The van der Waals surface area contributed by atoms with E-state index in [4.69, 9.17) is 0 Å². The number of nitrogens with zero attached hydrogens (tertiary/aromatic N) is 3. The molecule has 0 aliphatic carbocycles. The van der Waals surface area contributed by atoms with Gasteiger partial charge in [0.05, 0.1) is 16.6 Å². The van der Waals surface area contributed by atoms with Crippen molar-refractivity contribution in [2.24, 2.45) is 0 Å². The minimum absolute atomic E-state index is 0.226. The summed E-state index contributed by atoms with van der Waals surface area (Å²) in [5, 5.41) is 7.33. The summed E-state index contributed by atoms with van der Waals surface area (Å²) in [5.74, 6) is 0. The number of likely N-dealkylation sites (N-methyl/N-ethyl adjacent to an activating group) is 1. The molecular weight excluding hydrogens is 300 g/mol. The van der Waals surface area contributed by atoms with E-state index < -0.39 is 0 Å². The van der Waals surface area contributed by atoms with Crippen molar-refractivity contribution in [3.05, 3.63) is 39.1 Å². The molecule has 2 aromatic rings. The van der Waals surface area contributed by atoms with Gasteiger partial charge >= 0.3 is 0 Å². The van der Waals surface area contributed by atoms with Gasteiger partial charge in [0.1, 0.15) is 0 Å². The lowest BCUT2D eigenvalue weighted by Gasteiger charge is -2.13. The van der Waals surface area contributed by atoms with Gasteiger partial charge in [-0.05, 0) is 53.6 Å². The van der Waals surface area contributed by atoms with Gasteiger partial charge in [-0.1, -0.05) is 4.49 Å². The molecule has 0 amide bonds. The minimum atomic E-state index is 0.226. The van der Waals surface area contributed by atoms with Gasteiger partial charge in [0.2, 0.25) is 0 Å². The molecule has 90 valence electrons. The average Bonchev–Trinajstić information content (AvgIpc) is 2.75. The first-order chi connectivity index (χ1) is 8.20. The van der Waals surface area contributed by atoms with Gasteiger partial charge in [0, 0.05) is 22.8 Å². The van der Waals surface area contributed by atoms with E-state index in [1.54, 1.807) is 0 Å². The molecule has 0 fully saturated rings. The van der Waals surface area contributed by atoms with E-state index in [1.807, 2.05) is 32.3 Å². The number of hydrogen-bond donors (Lipinski definition) is 1. The summed E-state index contributed by atoms with van der Waals surface area (Å²) in [6.07, 6.45) is 2.66. The van der Waals surface area contributed by atoms with Crippen molar-refractivity contribution < 1.29 is 0 Å². The summed E-state index contributed by atoms with van der Waals surface area (Å²) < 4.78 is 4.97. The number of nitrogens with one attached hydrogen (secondary N) is 1. The Hall–Kier alpha value is -0.850. The van der Waals surface area contributed by atoms with Gasteiger partial charge < -0.3 is 5.32 Å². The van der Waals surface area contributed by atoms with Gasteiger partial charge in [0.25, 0.3) is 0 Å². The topological polar surface area (TPSA) is 50.7 Å². The van der Waals surface area contributed by atoms with Crippen LogP contribution in [-0.2, 0) is 6.42 Å². The Morgan fingerprint density at radius 1 is 1.47 bits per heavy atom. The lowest BCUT2D eigenvalue weighted by atomic mass is 10.1. The Morgan fingerprint density at radius 3 is 2.82 bits per heavy atom. The van der Waals surface area contributed by atoms with E-state index >= 15 is 0 Å². The maximum absolute atomic E-state index is 4.38. The van der Waals surface area contributed by atoms with Crippen LogP contribution in [0.15, 0.2) is 22.8 Å². The molecule has 2 rings (SSSR count). The third kappa shape index (κ3) is 3.08. The number of rotatable bonds is 4. The maximum Gasteiger partial charge on any atom is 0.0772 e. The molecule has 2 heterocycles. The molecule has 0 aromatic carbocycles. The number of aromatic nitrogens is 3. The quantitative estimate of drug-likeness (QED) is 0.942. The van der Waals surface area contributed by atoms with E-state index in [0.29, 0.717) is 0 Å². The summed E-state index contributed by atoms with van der Waals surface area (Å²) >= 11 is 4.83. The Morgan fingerprint density at radius 2 is 2.29 bits per heavy atom. The molecule has 0 bridgehead atoms. The van der Waals surface area contributed by atoms with Gasteiger partial charge in [-0.25, -0.2) is 0 Å². The highest BCUT2D eigenvalue weighted by Crippen LogP contribution is 2.23. The molecule has 6 heteroatoms. The lowest BCUT2D eigenvalue weighted by Crippen LogP contribution is -2.19. The predicted molar refractivity (Wildman–Crippen MR) is 72.1 cm³/mol. The SMILES string of the molecule is CNC(Cc1ccc(Br)cn1)c1snnc1C. The van der Waals surface area contributed by atoms with E-state index in [9.17, 15) is 0 Å². The van der Waals surface area contributed by atoms with Gasteiger partial charge in [-0.3, -0.25) is 4.98 Å². The molecule has 17 heavy (non-hydrogen) atoms. The fourth-order valence-corrected chi connectivity index (χ4v) is 2.61. The molecule has 1 unspecified atom stereocenters. The zero-order valence-corrected chi connectivity index (χ0v) is 12.0. The van der Waals surface area contributed by atoms with Crippen LogP contribution in [-0.4, -0.2) is 21.6 Å². The second-order valence-corrected chi connectivity index (χ2v) is 5.44. The molecule has 4 nitrogen and oxygen atoms in total. The molecule has 0 saturated carbocycles. The molecular formula is C11H13BrN4S. The molecule has 0 aliphatic rings. The zero-order chi connectivity index (χ0) is 12.3. The van der Waals surface area contributed by atoms with Crippen molar-refractivity contribution in [2.75, 3.05) is 7.05 Å². The summed E-state index contributed by atoms with van der Waals surface area (Å²) in [4.78, 5) is 5.56. The average molecular weight is 313 g/mol. The van der Waals surface area contributed by atoms with Crippen molar-refractivity contribution in [1.82, 2.24) is 19.9 Å². The molecule has 0 aliphatic heterocycles. The first kappa shape index (κ1) is 12.6. The number of aryl methyl sites for hydroxylation is 1. The van der Waals surface area contributed by atoms with Crippen LogP contribution in [0.5, 0.6) is 0 Å². The fraction of sp³-hybridized carbons (Fsp3) is 0.364. The minimum Gasteiger partial charge on any atom is -0.312 e. The molecule has 0 saturated heterocycles. The van der Waals surface area contributed by atoms with Crippen molar-refractivity contribution in [1.29, 1.82) is 0 Å². The third-order valence-corrected chi connectivity index (χ3v) is 3.96. The van der Waals surface area contributed by atoms with E-state index in [2.05, 4.69) is 35.8 Å². The van der Waals surface area contributed by atoms with Gasteiger partial charge in [-0.15, -0.1) is 5.10 Å². The zero-order valence-electron chi connectivity index (χ0n) is 9.64. The Bertz CT molecular complexity index is 482. The number of halogens is 1. The second kappa shape index (κ2) is 5.66. The summed E-state index contributed by atoms with van der Waals surface area (Å²) in [5.41, 5.74) is 2.05. The Labute approximate surface area is 113 Å². The van der Waals surface area contributed by atoms with Crippen LogP contribution >= 0.6 is 27.5 Å². The normalized spacial score (nSPS) is 12.6.